The third kappa shape index (κ3) is 3.85. The molecule has 0 fully saturated rings. The van der Waals surface area contributed by atoms with Gasteiger partial charge in [-0.2, -0.15) is 0 Å². The summed E-state index contributed by atoms with van der Waals surface area (Å²) in [5, 5.41) is 10.1. The number of ketones is 1. The lowest BCUT2D eigenvalue weighted by Gasteiger charge is -2.18. The molecule has 1 aromatic carbocycles. The van der Waals surface area contributed by atoms with Crippen molar-refractivity contribution in [1.82, 2.24) is 0 Å². The molecule has 1 unspecified atom stereocenters. The number of hydrogen-bond donors (Lipinski definition) is 1. The number of esters is 1. The van der Waals surface area contributed by atoms with Gasteiger partial charge in [0, 0.05) is 0 Å². The summed E-state index contributed by atoms with van der Waals surface area (Å²) in [4.78, 5) is 23.0. The third-order valence-corrected chi connectivity index (χ3v) is 2.70. The van der Waals surface area contributed by atoms with Crippen molar-refractivity contribution in [3.63, 3.8) is 0 Å². The lowest BCUT2D eigenvalue weighted by Crippen LogP contribution is -2.25. The van der Waals surface area contributed by atoms with Crippen LogP contribution in [0.4, 0.5) is 0 Å². The molecule has 0 saturated carbocycles. The SMILES string of the molecule is CCC(Oc1ccccc1)C(O)=C(C(C)=O)C(=O)OC. The zero-order chi connectivity index (χ0) is 15.1. The number of carbonyl (C=O) groups excluding carboxylic acids is 2. The molecular formula is C15H18O5. The van der Waals surface area contributed by atoms with Crippen LogP contribution in [0.25, 0.3) is 0 Å². The standard InChI is InChI=1S/C15H18O5/c1-4-12(20-11-8-6-5-7-9-11)14(17)13(10(2)16)15(18)19-3/h5-9,12,17H,4H2,1-3H3. The van der Waals surface area contributed by atoms with Gasteiger partial charge in [0.25, 0.3) is 0 Å². The maximum Gasteiger partial charge on any atom is 0.345 e. The highest BCUT2D eigenvalue weighted by atomic mass is 16.5. The van der Waals surface area contributed by atoms with E-state index in [-0.39, 0.29) is 5.57 Å². The molecule has 0 saturated heterocycles. The number of ether oxygens (including phenoxy) is 2. The van der Waals surface area contributed by atoms with E-state index < -0.39 is 23.6 Å². The molecule has 1 N–H and O–H groups in total. The second-order valence-electron chi connectivity index (χ2n) is 4.14. The van der Waals surface area contributed by atoms with Crippen LogP contribution in [0, 0.1) is 0 Å². The third-order valence-electron chi connectivity index (χ3n) is 2.70. The van der Waals surface area contributed by atoms with E-state index in [1.54, 1.807) is 31.2 Å². The first-order valence-corrected chi connectivity index (χ1v) is 6.25. The number of para-hydroxylation sites is 1. The van der Waals surface area contributed by atoms with Crippen LogP contribution in [-0.4, -0.2) is 30.1 Å². The molecule has 0 aliphatic carbocycles. The molecule has 0 radical (unpaired) electrons. The van der Waals surface area contributed by atoms with E-state index in [0.717, 1.165) is 7.11 Å². The lowest BCUT2D eigenvalue weighted by atomic mass is 10.1. The summed E-state index contributed by atoms with van der Waals surface area (Å²) < 4.78 is 10.1. The smallest absolute Gasteiger partial charge is 0.345 e. The van der Waals surface area contributed by atoms with Crippen LogP contribution >= 0.6 is 0 Å². The summed E-state index contributed by atoms with van der Waals surface area (Å²) in [5.74, 6) is -1.30. The Morgan fingerprint density at radius 1 is 1.25 bits per heavy atom. The molecule has 20 heavy (non-hydrogen) atoms. The summed E-state index contributed by atoms with van der Waals surface area (Å²) in [5.41, 5.74) is -0.379. The molecule has 0 amide bonds. The largest absolute Gasteiger partial charge is 0.507 e. The number of rotatable bonds is 6. The predicted octanol–water partition coefficient (Wildman–Crippen LogP) is 2.42. The second-order valence-corrected chi connectivity index (χ2v) is 4.14. The molecule has 5 heteroatoms. The maximum absolute atomic E-state index is 11.6. The molecule has 0 spiro atoms. The summed E-state index contributed by atoms with van der Waals surface area (Å²) >= 11 is 0. The van der Waals surface area contributed by atoms with E-state index in [1.165, 1.54) is 6.92 Å². The highest BCUT2D eigenvalue weighted by Crippen LogP contribution is 2.19. The van der Waals surface area contributed by atoms with Gasteiger partial charge in [0.1, 0.15) is 11.3 Å². The molecule has 0 bridgehead atoms. The van der Waals surface area contributed by atoms with Gasteiger partial charge in [-0.05, 0) is 25.5 Å². The molecule has 0 heterocycles. The summed E-state index contributed by atoms with van der Waals surface area (Å²) in [6, 6.07) is 8.85. The minimum Gasteiger partial charge on any atom is -0.507 e. The first-order chi connectivity index (χ1) is 9.51. The van der Waals surface area contributed by atoms with Gasteiger partial charge in [-0.25, -0.2) is 4.79 Å². The molecule has 1 atom stereocenters. The average Bonchev–Trinajstić information content (AvgIpc) is 2.45. The van der Waals surface area contributed by atoms with Gasteiger partial charge < -0.3 is 14.6 Å². The Bertz CT molecular complexity index is 504. The van der Waals surface area contributed by atoms with Crippen molar-refractivity contribution in [3.8, 4) is 5.75 Å². The molecule has 1 rings (SSSR count). The fraction of sp³-hybridized carbons (Fsp3) is 0.333. The molecular weight excluding hydrogens is 260 g/mol. The number of hydrogen-bond acceptors (Lipinski definition) is 5. The molecule has 0 aliphatic heterocycles. The fourth-order valence-corrected chi connectivity index (χ4v) is 1.69. The van der Waals surface area contributed by atoms with Crippen LogP contribution in [0.2, 0.25) is 0 Å². The number of benzene rings is 1. The molecule has 108 valence electrons. The highest BCUT2D eigenvalue weighted by molar-refractivity contribution is 6.16. The van der Waals surface area contributed by atoms with Crippen LogP contribution in [0.3, 0.4) is 0 Å². The number of aliphatic hydroxyl groups excluding tert-OH is 1. The monoisotopic (exact) mass is 278 g/mol. The van der Waals surface area contributed by atoms with Gasteiger partial charge in [0.05, 0.1) is 7.11 Å². The fourth-order valence-electron chi connectivity index (χ4n) is 1.69. The van der Waals surface area contributed by atoms with E-state index in [9.17, 15) is 14.7 Å². The number of carbonyl (C=O) groups is 2. The van der Waals surface area contributed by atoms with Crippen molar-refractivity contribution in [3.05, 3.63) is 41.7 Å². The van der Waals surface area contributed by atoms with Crippen LogP contribution in [0.15, 0.2) is 41.7 Å². The summed E-state index contributed by atoms with van der Waals surface area (Å²) in [7, 11) is 1.15. The Kier molecular flexibility index (Phi) is 5.77. The van der Waals surface area contributed by atoms with E-state index in [4.69, 9.17) is 4.74 Å². The van der Waals surface area contributed by atoms with E-state index in [0.29, 0.717) is 12.2 Å². The van der Waals surface area contributed by atoms with Crippen LogP contribution in [-0.2, 0) is 14.3 Å². The number of Topliss-reactive ketones (excluding diaryl/α,β-unsaturated/α-hetero) is 1. The summed E-state index contributed by atoms with van der Waals surface area (Å²) in [6.45, 7) is 2.97. The van der Waals surface area contributed by atoms with E-state index in [1.807, 2.05) is 6.07 Å². The zero-order valence-corrected chi connectivity index (χ0v) is 11.8. The minimum atomic E-state index is -0.870. The predicted molar refractivity (Wildman–Crippen MR) is 73.5 cm³/mol. The minimum absolute atomic E-state index is 0.379. The van der Waals surface area contributed by atoms with Crippen molar-refractivity contribution in [2.24, 2.45) is 0 Å². The van der Waals surface area contributed by atoms with Crippen molar-refractivity contribution >= 4 is 11.8 Å². The second kappa shape index (κ2) is 7.33. The van der Waals surface area contributed by atoms with Gasteiger partial charge >= 0.3 is 5.97 Å². The number of aliphatic hydroxyl groups is 1. The Morgan fingerprint density at radius 3 is 2.30 bits per heavy atom. The quantitative estimate of drug-likeness (QED) is 0.284. The average molecular weight is 278 g/mol. The van der Waals surface area contributed by atoms with Crippen LogP contribution in [0.1, 0.15) is 20.3 Å². The van der Waals surface area contributed by atoms with Gasteiger partial charge in [-0.15, -0.1) is 0 Å². The molecule has 0 aliphatic rings. The Morgan fingerprint density at radius 2 is 1.85 bits per heavy atom. The molecule has 5 nitrogen and oxygen atoms in total. The van der Waals surface area contributed by atoms with Gasteiger partial charge in [0.15, 0.2) is 17.6 Å². The van der Waals surface area contributed by atoms with Crippen molar-refractivity contribution in [2.45, 2.75) is 26.4 Å². The Hall–Kier alpha value is -2.30. The molecule has 0 aromatic heterocycles. The summed E-state index contributed by atoms with van der Waals surface area (Å²) in [6.07, 6.45) is -0.385. The highest BCUT2D eigenvalue weighted by Gasteiger charge is 2.26. The van der Waals surface area contributed by atoms with E-state index in [2.05, 4.69) is 4.74 Å². The first-order valence-electron chi connectivity index (χ1n) is 6.25. The van der Waals surface area contributed by atoms with Crippen molar-refractivity contribution in [1.29, 1.82) is 0 Å². The lowest BCUT2D eigenvalue weighted by molar-refractivity contribution is -0.138. The Balaban J connectivity index is 3.08. The van der Waals surface area contributed by atoms with Crippen LogP contribution in [0.5, 0.6) is 5.75 Å². The topological polar surface area (TPSA) is 72.8 Å². The number of methoxy groups -OCH3 is 1. The first kappa shape index (κ1) is 15.8. The van der Waals surface area contributed by atoms with E-state index >= 15 is 0 Å². The van der Waals surface area contributed by atoms with Gasteiger partial charge in [0.2, 0.25) is 0 Å². The maximum atomic E-state index is 11.6. The van der Waals surface area contributed by atoms with Gasteiger partial charge in [-0.1, -0.05) is 25.1 Å². The normalized spacial score (nSPS) is 13.2. The Labute approximate surface area is 117 Å². The van der Waals surface area contributed by atoms with Crippen molar-refractivity contribution in [2.75, 3.05) is 7.11 Å². The van der Waals surface area contributed by atoms with Crippen LogP contribution < -0.4 is 4.74 Å². The molecule has 1 aromatic rings. The van der Waals surface area contributed by atoms with Crippen molar-refractivity contribution < 1.29 is 24.2 Å². The van der Waals surface area contributed by atoms with Gasteiger partial charge in [-0.3, -0.25) is 4.79 Å². The zero-order valence-electron chi connectivity index (χ0n) is 11.8.